The first kappa shape index (κ1) is 22.0. The predicted octanol–water partition coefficient (Wildman–Crippen LogP) is 3.93. The van der Waals surface area contributed by atoms with Gasteiger partial charge in [0.1, 0.15) is 0 Å². The topological polar surface area (TPSA) is 94.1 Å². The maximum absolute atomic E-state index is 12.3. The van der Waals surface area contributed by atoms with Gasteiger partial charge in [-0.05, 0) is 61.9 Å². The molecule has 0 aromatic heterocycles. The molecule has 0 unspecified atom stereocenters. The summed E-state index contributed by atoms with van der Waals surface area (Å²) in [6.07, 6.45) is 1.34. The Morgan fingerprint density at radius 2 is 1.71 bits per heavy atom. The molecule has 0 aliphatic rings. The number of carbonyl (C=O) groups is 1. The van der Waals surface area contributed by atoms with E-state index in [1.54, 1.807) is 61.5 Å². The second kappa shape index (κ2) is 9.90. The van der Waals surface area contributed by atoms with Crippen molar-refractivity contribution in [3.05, 3.63) is 89.5 Å². The van der Waals surface area contributed by atoms with Gasteiger partial charge in [0.25, 0.3) is 10.0 Å². The molecule has 0 aliphatic carbocycles. The fourth-order valence-electron chi connectivity index (χ4n) is 2.63. The van der Waals surface area contributed by atoms with Crippen molar-refractivity contribution in [1.29, 1.82) is 0 Å². The number of rotatable bonds is 8. The van der Waals surface area contributed by atoms with E-state index in [0.717, 1.165) is 5.56 Å². The Labute approximate surface area is 181 Å². The highest BCUT2D eigenvalue weighted by Crippen LogP contribution is 2.29. The highest BCUT2D eigenvalue weighted by Gasteiger charge is 2.14. The monoisotopic (exact) mass is 438 g/mol. The van der Waals surface area contributed by atoms with Gasteiger partial charge in [0.15, 0.2) is 11.5 Å². The fraction of sp³-hybridized carbons (Fsp3) is 0.130. The molecule has 0 radical (unpaired) electrons. The average Bonchev–Trinajstić information content (AvgIpc) is 2.76. The second-order valence-electron chi connectivity index (χ2n) is 6.56. The van der Waals surface area contributed by atoms with E-state index in [9.17, 15) is 13.2 Å². The molecular weight excluding hydrogens is 416 g/mol. The summed E-state index contributed by atoms with van der Waals surface area (Å²) in [4.78, 5) is 14.6. The molecule has 0 fully saturated rings. The lowest BCUT2D eigenvalue weighted by molar-refractivity contribution is 0.0728. The van der Waals surface area contributed by atoms with E-state index in [-0.39, 0.29) is 10.6 Å². The van der Waals surface area contributed by atoms with Crippen molar-refractivity contribution < 1.29 is 22.7 Å². The molecule has 0 saturated heterocycles. The summed E-state index contributed by atoms with van der Waals surface area (Å²) in [5, 5.41) is 3.83. The number of sulfonamides is 1. The molecule has 0 spiro atoms. The summed E-state index contributed by atoms with van der Waals surface area (Å²) in [7, 11) is -3.77. The summed E-state index contributed by atoms with van der Waals surface area (Å²) >= 11 is 0. The van der Waals surface area contributed by atoms with Crippen LogP contribution in [0.25, 0.3) is 0 Å². The van der Waals surface area contributed by atoms with Gasteiger partial charge in [0, 0.05) is 0 Å². The number of hydrazone groups is 1. The number of ether oxygens (including phenoxy) is 2. The van der Waals surface area contributed by atoms with Gasteiger partial charge >= 0.3 is 5.97 Å². The maximum atomic E-state index is 12.3. The van der Waals surface area contributed by atoms with Gasteiger partial charge in [-0.15, -0.1) is 0 Å². The highest BCUT2D eigenvalue weighted by molar-refractivity contribution is 7.89. The molecule has 0 bridgehead atoms. The van der Waals surface area contributed by atoms with E-state index < -0.39 is 16.0 Å². The zero-order chi connectivity index (χ0) is 22.3. The number of hydrogen-bond donors (Lipinski definition) is 1. The van der Waals surface area contributed by atoms with E-state index in [0.29, 0.717) is 23.5 Å². The van der Waals surface area contributed by atoms with Crippen LogP contribution in [0.4, 0.5) is 0 Å². The van der Waals surface area contributed by atoms with Gasteiger partial charge in [0.2, 0.25) is 0 Å². The van der Waals surface area contributed by atoms with Crippen LogP contribution in [0, 0.1) is 6.92 Å². The molecule has 0 heterocycles. The van der Waals surface area contributed by atoms with Crippen LogP contribution in [0.3, 0.4) is 0 Å². The third-order valence-electron chi connectivity index (χ3n) is 4.20. The summed E-state index contributed by atoms with van der Waals surface area (Å²) in [6.45, 7) is 4.04. The van der Waals surface area contributed by atoms with Crippen LogP contribution in [0.5, 0.6) is 11.5 Å². The number of benzene rings is 3. The van der Waals surface area contributed by atoms with Gasteiger partial charge in [-0.25, -0.2) is 9.63 Å². The van der Waals surface area contributed by atoms with Crippen LogP contribution < -0.4 is 14.3 Å². The highest BCUT2D eigenvalue weighted by atomic mass is 32.2. The largest absolute Gasteiger partial charge is 0.490 e. The first-order valence-electron chi connectivity index (χ1n) is 9.54. The Morgan fingerprint density at radius 1 is 1.00 bits per heavy atom. The Bertz CT molecular complexity index is 1170. The van der Waals surface area contributed by atoms with E-state index in [4.69, 9.17) is 9.47 Å². The van der Waals surface area contributed by atoms with E-state index in [2.05, 4.69) is 9.93 Å². The quantitative estimate of drug-likeness (QED) is 0.249. The predicted molar refractivity (Wildman–Crippen MR) is 118 cm³/mol. The lowest BCUT2D eigenvalue weighted by Gasteiger charge is -2.11. The average molecular weight is 439 g/mol. The third-order valence-corrected chi connectivity index (χ3v) is 5.44. The Kier molecular flexibility index (Phi) is 7.04. The summed E-state index contributed by atoms with van der Waals surface area (Å²) in [5.41, 5.74) is 1.94. The van der Waals surface area contributed by atoms with Crippen LogP contribution >= 0.6 is 0 Å². The number of nitrogens with one attached hydrogen (secondary N) is 1. The smallest absolute Gasteiger partial charge is 0.343 e. The molecule has 7 nitrogen and oxygen atoms in total. The molecule has 3 aromatic rings. The lowest BCUT2D eigenvalue weighted by atomic mass is 10.2. The minimum Gasteiger partial charge on any atom is -0.490 e. The SMILES string of the molecule is CCOc1cc(C=NNS(=O)(=O)c2ccc(C)cc2)ccc1OC(=O)c1ccccc1. The Morgan fingerprint density at radius 3 is 2.39 bits per heavy atom. The Balaban J connectivity index is 1.74. The van der Waals surface area contributed by atoms with Gasteiger partial charge in [-0.2, -0.15) is 13.5 Å². The minimum absolute atomic E-state index is 0.119. The van der Waals surface area contributed by atoms with Crippen LogP contribution in [0.2, 0.25) is 0 Å². The number of esters is 1. The number of aryl methyl sites for hydroxylation is 1. The van der Waals surface area contributed by atoms with Crippen molar-refractivity contribution in [3.63, 3.8) is 0 Å². The van der Waals surface area contributed by atoms with Crippen molar-refractivity contribution in [2.45, 2.75) is 18.7 Å². The molecule has 0 saturated carbocycles. The van der Waals surface area contributed by atoms with Crippen molar-refractivity contribution in [1.82, 2.24) is 4.83 Å². The first-order valence-corrected chi connectivity index (χ1v) is 11.0. The zero-order valence-corrected chi connectivity index (χ0v) is 17.9. The molecule has 3 rings (SSSR count). The second-order valence-corrected chi connectivity index (χ2v) is 8.22. The van der Waals surface area contributed by atoms with Gasteiger partial charge in [-0.1, -0.05) is 35.9 Å². The zero-order valence-electron chi connectivity index (χ0n) is 17.1. The summed E-state index contributed by atoms with van der Waals surface area (Å²) < 4.78 is 35.6. The first-order chi connectivity index (χ1) is 14.9. The van der Waals surface area contributed by atoms with Crippen LogP contribution in [0.1, 0.15) is 28.4 Å². The summed E-state index contributed by atoms with van der Waals surface area (Å²) in [5.74, 6) is 0.0963. The lowest BCUT2D eigenvalue weighted by Crippen LogP contribution is -2.18. The molecule has 1 N–H and O–H groups in total. The number of nitrogens with zero attached hydrogens (tertiary/aromatic N) is 1. The van der Waals surface area contributed by atoms with Gasteiger partial charge in [0.05, 0.1) is 23.3 Å². The molecule has 8 heteroatoms. The Hall–Kier alpha value is -3.65. The van der Waals surface area contributed by atoms with Crippen molar-refractivity contribution in [2.75, 3.05) is 6.61 Å². The molecule has 160 valence electrons. The van der Waals surface area contributed by atoms with E-state index in [1.807, 2.05) is 13.0 Å². The molecule has 0 atom stereocenters. The van der Waals surface area contributed by atoms with E-state index >= 15 is 0 Å². The van der Waals surface area contributed by atoms with Crippen molar-refractivity contribution in [2.24, 2.45) is 5.10 Å². The minimum atomic E-state index is -3.77. The van der Waals surface area contributed by atoms with Crippen LogP contribution in [0.15, 0.2) is 82.8 Å². The van der Waals surface area contributed by atoms with Crippen LogP contribution in [-0.4, -0.2) is 27.2 Å². The molecule has 31 heavy (non-hydrogen) atoms. The van der Waals surface area contributed by atoms with Crippen molar-refractivity contribution >= 4 is 22.2 Å². The fourth-order valence-corrected chi connectivity index (χ4v) is 3.42. The molecule has 0 aliphatic heterocycles. The van der Waals surface area contributed by atoms with Crippen LogP contribution in [-0.2, 0) is 10.0 Å². The normalized spacial score (nSPS) is 11.3. The standard InChI is InChI=1S/C23H22N2O5S/c1-3-29-22-15-18(11-14-21(22)30-23(26)19-7-5-4-6-8-19)16-24-25-31(27,28)20-12-9-17(2)10-13-20/h4-16,25H,3H2,1-2H3. The summed E-state index contributed by atoms with van der Waals surface area (Å²) in [6, 6.07) is 19.9. The molecular formula is C23H22N2O5S. The molecule has 3 aromatic carbocycles. The molecule has 0 amide bonds. The maximum Gasteiger partial charge on any atom is 0.343 e. The third kappa shape index (κ3) is 5.93. The van der Waals surface area contributed by atoms with Crippen molar-refractivity contribution in [3.8, 4) is 11.5 Å². The van der Waals surface area contributed by atoms with Gasteiger partial charge < -0.3 is 9.47 Å². The number of carbonyl (C=O) groups excluding carboxylic acids is 1. The van der Waals surface area contributed by atoms with E-state index in [1.165, 1.54) is 18.3 Å². The number of hydrogen-bond acceptors (Lipinski definition) is 6. The van der Waals surface area contributed by atoms with Gasteiger partial charge in [-0.3, -0.25) is 0 Å².